The maximum absolute atomic E-state index is 12.9. The summed E-state index contributed by atoms with van der Waals surface area (Å²) in [6.45, 7) is 1.91. The molecule has 0 aliphatic carbocycles. The van der Waals surface area contributed by atoms with Crippen LogP contribution in [0.25, 0.3) is 0 Å². The third-order valence-corrected chi connectivity index (χ3v) is 4.62. The molecule has 1 aliphatic rings. The Morgan fingerprint density at radius 1 is 0.920 bits per heavy atom. The molecular formula is C19H18ClFN2O2. The van der Waals surface area contributed by atoms with E-state index in [1.54, 1.807) is 46.2 Å². The van der Waals surface area contributed by atoms with Gasteiger partial charge in [0, 0.05) is 26.2 Å². The number of carbonyl (C=O) groups excluding carboxylic acids is 2. The first-order chi connectivity index (χ1) is 12.0. The van der Waals surface area contributed by atoms with E-state index in [4.69, 9.17) is 11.6 Å². The SMILES string of the molecule is O=C(Cc1ccc(F)cc1)N1CCN(C(=O)c2ccccc2Cl)CC1. The minimum Gasteiger partial charge on any atom is -0.339 e. The number of rotatable bonds is 3. The van der Waals surface area contributed by atoms with Crippen molar-refractivity contribution < 1.29 is 14.0 Å². The summed E-state index contributed by atoms with van der Waals surface area (Å²) in [4.78, 5) is 28.3. The summed E-state index contributed by atoms with van der Waals surface area (Å²) in [5.74, 6) is -0.449. The molecule has 0 radical (unpaired) electrons. The Balaban J connectivity index is 1.56. The molecular weight excluding hydrogens is 343 g/mol. The zero-order valence-electron chi connectivity index (χ0n) is 13.6. The van der Waals surface area contributed by atoms with Crippen molar-refractivity contribution in [3.63, 3.8) is 0 Å². The molecule has 3 rings (SSSR count). The third kappa shape index (κ3) is 4.17. The van der Waals surface area contributed by atoms with Crippen molar-refractivity contribution in [1.82, 2.24) is 9.80 Å². The lowest BCUT2D eigenvalue weighted by atomic mass is 10.1. The van der Waals surface area contributed by atoms with Gasteiger partial charge in [0.15, 0.2) is 0 Å². The molecule has 0 N–H and O–H groups in total. The molecule has 0 spiro atoms. The lowest BCUT2D eigenvalue weighted by Gasteiger charge is -2.35. The fraction of sp³-hybridized carbons (Fsp3) is 0.263. The van der Waals surface area contributed by atoms with Crippen LogP contribution < -0.4 is 0 Å². The molecule has 0 bridgehead atoms. The summed E-state index contributed by atoms with van der Waals surface area (Å²) in [5, 5.41) is 0.433. The van der Waals surface area contributed by atoms with Gasteiger partial charge in [-0.1, -0.05) is 35.9 Å². The number of hydrogen-bond donors (Lipinski definition) is 0. The molecule has 4 nitrogen and oxygen atoms in total. The summed E-state index contributed by atoms with van der Waals surface area (Å²) in [5.41, 5.74) is 1.26. The van der Waals surface area contributed by atoms with Crippen LogP contribution in [0.3, 0.4) is 0 Å². The fourth-order valence-corrected chi connectivity index (χ4v) is 3.07. The van der Waals surface area contributed by atoms with Gasteiger partial charge in [-0.15, -0.1) is 0 Å². The van der Waals surface area contributed by atoms with Gasteiger partial charge in [0.2, 0.25) is 5.91 Å². The van der Waals surface area contributed by atoms with Gasteiger partial charge in [-0.25, -0.2) is 4.39 Å². The number of benzene rings is 2. The summed E-state index contributed by atoms with van der Waals surface area (Å²) >= 11 is 6.08. The van der Waals surface area contributed by atoms with Crippen LogP contribution in [-0.2, 0) is 11.2 Å². The van der Waals surface area contributed by atoms with Crippen LogP contribution in [0.5, 0.6) is 0 Å². The Morgan fingerprint density at radius 3 is 2.16 bits per heavy atom. The Hall–Kier alpha value is -2.40. The zero-order valence-corrected chi connectivity index (χ0v) is 14.4. The Kier molecular flexibility index (Phi) is 5.34. The highest BCUT2D eigenvalue weighted by atomic mass is 35.5. The molecule has 1 heterocycles. The van der Waals surface area contributed by atoms with Crippen molar-refractivity contribution in [3.8, 4) is 0 Å². The molecule has 2 aromatic carbocycles. The van der Waals surface area contributed by atoms with Crippen molar-refractivity contribution in [2.24, 2.45) is 0 Å². The second-order valence-electron chi connectivity index (χ2n) is 5.96. The first-order valence-corrected chi connectivity index (χ1v) is 8.48. The largest absolute Gasteiger partial charge is 0.339 e. The van der Waals surface area contributed by atoms with Gasteiger partial charge >= 0.3 is 0 Å². The van der Waals surface area contributed by atoms with Crippen molar-refractivity contribution >= 4 is 23.4 Å². The average Bonchev–Trinajstić information content (AvgIpc) is 2.63. The molecule has 0 saturated carbocycles. The van der Waals surface area contributed by atoms with E-state index >= 15 is 0 Å². The third-order valence-electron chi connectivity index (χ3n) is 4.29. The Morgan fingerprint density at radius 2 is 1.52 bits per heavy atom. The second-order valence-corrected chi connectivity index (χ2v) is 6.36. The van der Waals surface area contributed by atoms with Crippen LogP contribution in [0.1, 0.15) is 15.9 Å². The maximum atomic E-state index is 12.9. The molecule has 130 valence electrons. The summed E-state index contributed by atoms with van der Waals surface area (Å²) in [6.07, 6.45) is 0.235. The van der Waals surface area contributed by atoms with Crippen LogP contribution in [0, 0.1) is 5.82 Å². The van der Waals surface area contributed by atoms with E-state index in [9.17, 15) is 14.0 Å². The number of hydrogen-bond acceptors (Lipinski definition) is 2. The Labute approximate surface area is 150 Å². The first kappa shape index (κ1) is 17.4. The fourth-order valence-electron chi connectivity index (χ4n) is 2.85. The van der Waals surface area contributed by atoms with Crippen molar-refractivity contribution in [1.29, 1.82) is 0 Å². The van der Waals surface area contributed by atoms with E-state index < -0.39 is 0 Å². The van der Waals surface area contributed by atoms with E-state index in [0.29, 0.717) is 36.8 Å². The monoisotopic (exact) mass is 360 g/mol. The van der Waals surface area contributed by atoms with Crippen molar-refractivity contribution in [3.05, 3.63) is 70.5 Å². The molecule has 25 heavy (non-hydrogen) atoms. The number of nitrogens with zero attached hydrogens (tertiary/aromatic N) is 2. The molecule has 2 aromatic rings. The second kappa shape index (κ2) is 7.66. The highest BCUT2D eigenvalue weighted by molar-refractivity contribution is 6.33. The lowest BCUT2D eigenvalue weighted by Crippen LogP contribution is -2.51. The zero-order chi connectivity index (χ0) is 17.8. The topological polar surface area (TPSA) is 40.6 Å². The minimum absolute atomic E-state index is 0.0172. The van der Waals surface area contributed by atoms with Crippen molar-refractivity contribution in [2.75, 3.05) is 26.2 Å². The number of piperazine rings is 1. The molecule has 6 heteroatoms. The molecule has 0 atom stereocenters. The lowest BCUT2D eigenvalue weighted by molar-refractivity contribution is -0.131. The van der Waals surface area contributed by atoms with Gasteiger partial charge < -0.3 is 9.80 Å². The van der Waals surface area contributed by atoms with E-state index in [1.807, 2.05) is 0 Å². The van der Waals surface area contributed by atoms with E-state index in [2.05, 4.69) is 0 Å². The van der Waals surface area contributed by atoms with Gasteiger partial charge in [-0.05, 0) is 29.8 Å². The van der Waals surface area contributed by atoms with Gasteiger partial charge in [-0.3, -0.25) is 9.59 Å². The average molecular weight is 361 g/mol. The van der Waals surface area contributed by atoms with E-state index in [1.165, 1.54) is 12.1 Å². The van der Waals surface area contributed by atoms with Crippen molar-refractivity contribution in [2.45, 2.75) is 6.42 Å². The summed E-state index contributed by atoms with van der Waals surface area (Å²) < 4.78 is 12.9. The van der Waals surface area contributed by atoms with Crippen LogP contribution in [0.15, 0.2) is 48.5 Å². The van der Waals surface area contributed by atoms with Crippen LogP contribution in [0.4, 0.5) is 4.39 Å². The predicted molar refractivity (Wildman–Crippen MR) is 94.0 cm³/mol. The van der Waals surface area contributed by atoms with Crippen LogP contribution in [-0.4, -0.2) is 47.8 Å². The standard InChI is InChI=1S/C19H18ClFN2O2/c20-17-4-2-1-3-16(17)19(25)23-11-9-22(10-12-23)18(24)13-14-5-7-15(21)8-6-14/h1-8H,9-13H2. The number of halogens is 2. The predicted octanol–water partition coefficient (Wildman–Crippen LogP) is 3.01. The summed E-state index contributed by atoms with van der Waals surface area (Å²) in [6, 6.07) is 12.9. The van der Waals surface area contributed by atoms with E-state index in [0.717, 1.165) is 5.56 Å². The van der Waals surface area contributed by atoms with E-state index in [-0.39, 0.29) is 24.1 Å². The quantitative estimate of drug-likeness (QED) is 0.844. The minimum atomic E-state index is -0.317. The molecule has 2 amide bonds. The first-order valence-electron chi connectivity index (χ1n) is 8.10. The van der Waals surface area contributed by atoms with Gasteiger partial charge in [-0.2, -0.15) is 0 Å². The highest BCUT2D eigenvalue weighted by Crippen LogP contribution is 2.18. The molecule has 0 aromatic heterocycles. The molecule has 1 aliphatic heterocycles. The maximum Gasteiger partial charge on any atom is 0.255 e. The molecule has 0 unspecified atom stereocenters. The van der Waals surface area contributed by atoms with Gasteiger partial charge in [0.1, 0.15) is 5.82 Å². The molecule has 1 saturated heterocycles. The van der Waals surface area contributed by atoms with Crippen LogP contribution in [0.2, 0.25) is 5.02 Å². The normalized spacial score (nSPS) is 14.5. The van der Waals surface area contributed by atoms with Crippen LogP contribution >= 0.6 is 11.6 Å². The summed E-state index contributed by atoms with van der Waals surface area (Å²) in [7, 11) is 0. The smallest absolute Gasteiger partial charge is 0.255 e. The highest BCUT2D eigenvalue weighted by Gasteiger charge is 2.25. The number of amides is 2. The number of carbonyl (C=O) groups is 2. The van der Waals surface area contributed by atoms with Gasteiger partial charge in [0.25, 0.3) is 5.91 Å². The Bertz CT molecular complexity index is 771. The van der Waals surface area contributed by atoms with Gasteiger partial charge in [0.05, 0.1) is 17.0 Å². The molecule has 1 fully saturated rings.